The van der Waals surface area contributed by atoms with Crippen LogP contribution in [0.5, 0.6) is 0 Å². The lowest BCUT2D eigenvalue weighted by molar-refractivity contribution is -0.112. The summed E-state index contributed by atoms with van der Waals surface area (Å²) in [5.41, 5.74) is 0. The maximum atomic E-state index is 10.6. The number of hydrogen-bond donors (Lipinski definition) is 0. The molecule has 1 unspecified atom stereocenters. The highest BCUT2D eigenvalue weighted by Gasteiger charge is 2.18. The number of rotatable bonds is 5. The Kier molecular flexibility index (Phi) is 4.76. The van der Waals surface area contributed by atoms with Gasteiger partial charge in [0.15, 0.2) is 0 Å². The summed E-state index contributed by atoms with van der Waals surface area (Å²) in [5, 5.41) is 0. The lowest BCUT2D eigenvalue weighted by Gasteiger charge is -2.29. The molecule has 2 nitrogen and oxygen atoms in total. The summed E-state index contributed by atoms with van der Waals surface area (Å²) >= 11 is 0. The van der Waals surface area contributed by atoms with Crippen LogP contribution in [0.4, 0.5) is 0 Å². The van der Waals surface area contributed by atoms with Gasteiger partial charge in [-0.3, -0.25) is 0 Å². The van der Waals surface area contributed by atoms with Crippen molar-refractivity contribution in [3.8, 4) is 0 Å². The van der Waals surface area contributed by atoms with Crippen molar-refractivity contribution in [2.75, 3.05) is 19.6 Å². The maximum absolute atomic E-state index is 10.6. The fourth-order valence-electron chi connectivity index (χ4n) is 1.86. The molecule has 74 valence electrons. The summed E-state index contributed by atoms with van der Waals surface area (Å²) in [4.78, 5) is 13.0. The van der Waals surface area contributed by atoms with E-state index in [0.29, 0.717) is 0 Å². The molecule has 1 aliphatic rings. The van der Waals surface area contributed by atoms with Crippen molar-refractivity contribution in [3.05, 3.63) is 12.7 Å². The number of nitrogens with zero attached hydrogens (tertiary/aromatic N) is 1. The number of unbranched alkanes of at least 4 members (excludes halogenated alkanes) is 1. The van der Waals surface area contributed by atoms with Crippen molar-refractivity contribution in [2.24, 2.45) is 5.92 Å². The number of aldehydes is 1. The van der Waals surface area contributed by atoms with Crippen LogP contribution < -0.4 is 0 Å². The fraction of sp³-hybridized carbons (Fsp3) is 0.727. The Morgan fingerprint density at radius 1 is 1.54 bits per heavy atom. The molecule has 1 atom stereocenters. The van der Waals surface area contributed by atoms with E-state index in [1.54, 1.807) is 0 Å². The maximum Gasteiger partial charge on any atom is 0.124 e. The standard InChI is InChI=1S/C11H19NO/c1-2-3-4-7-12-8-5-6-11(9-12)10-13/h2,10-11H,1,3-9H2. The number of carbonyl (C=O) groups excluding carboxylic acids is 1. The van der Waals surface area contributed by atoms with E-state index in [4.69, 9.17) is 0 Å². The molecule has 0 aromatic heterocycles. The molecule has 1 aliphatic heterocycles. The SMILES string of the molecule is C=CCCCN1CCCC(C=O)C1. The Morgan fingerprint density at radius 3 is 3.08 bits per heavy atom. The molecule has 0 N–H and O–H groups in total. The fourth-order valence-corrected chi connectivity index (χ4v) is 1.86. The van der Waals surface area contributed by atoms with Gasteiger partial charge in [0.05, 0.1) is 0 Å². The van der Waals surface area contributed by atoms with Crippen molar-refractivity contribution in [2.45, 2.75) is 25.7 Å². The Morgan fingerprint density at radius 2 is 2.38 bits per heavy atom. The molecule has 2 heteroatoms. The van der Waals surface area contributed by atoms with Gasteiger partial charge in [-0.15, -0.1) is 6.58 Å². The normalized spacial score (nSPS) is 24.2. The Bertz CT molecular complexity index is 167. The molecular weight excluding hydrogens is 162 g/mol. The quantitative estimate of drug-likeness (QED) is 0.366. The van der Waals surface area contributed by atoms with Gasteiger partial charge in [-0.05, 0) is 38.8 Å². The highest BCUT2D eigenvalue weighted by molar-refractivity contribution is 5.53. The summed E-state index contributed by atoms with van der Waals surface area (Å²) < 4.78 is 0. The number of piperidine rings is 1. The van der Waals surface area contributed by atoms with Crippen LogP contribution in [0.25, 0.3) is 0 Å². The second kappa shape index (κ2) is 5.92. The molecule has 0 aromatic rings. The molecule has 0 aromatic carbocycles. The molecule has 0 radical (unpaired) electrons. The molecule has 1 rings (SSSR count). The van der Waals surface area contributed by atoms with Gasteiger partial charge in [-0.2, -0.15) is 0 Å². The molecule has 0 aliphatic carbocycles. The topological polar surface area (TPSA) is 20.3 Å². The number of allylic oxidation sites excluding steroid dienone is 1. The summed E-state index contributed by atoms with van der Waals surface area (Å²) in [6.07, 6.45) is 7.59. The molecule has 0 saturated carbocycles. The van der Waals surface area contributed by atoms with E-state index in [1.165, 1.54) is 19.4 Å². The van der Waals surface area contributed by atoms with Gasteiger partial charge in [-0.25, -0.2) is 0 Å². The predicted molar refractivity (Wildman–Crippen MR) is 54.7 cm³/mol. The van der Waals surface area contributed by atoms with Crippen molar-refractivity contribution < 1.29 is 4.79 Å². The first kappa shape index (κ1) is 10.5. The van der Waals surface area contributed by atoms with E-state index in [0.717, 1.165) is 32.2 Å². The average Bonchev–Trinajstić information content (AvgIpc) is 2.19. The lowest BCUT2D eigenvalue weighted by atomic mass is 9.99. The molecule has 1 heterocycles. The van der Waals surface area contributed by atoms with Crippen molar-refractivity contribution in [1.82, 2.24) is 4.90 Å². The van der Waals surface area contributed by atoms with Crippen LogP contribution in [0.3, 0.4) is 0 Å². The van der Waals surface area contributed by atoms with Crippen LogP contribution in [0, 0.1) is 5.92 Å². The zero-order chi connectivity index (χ0) is 9.52. The van der Waals surface area contributed by atoms with Gasteiger partial charge in [-0.1, -0.05) is 6.08 Å². The molecular formula is C11H19NO. The molecule has 1 fully saturated rings. The third-order valence-corrected chi connectivity index (χ3v) is 2.62. The highest BCUT2D eigenvalue weighted by atomic mass is 16.1. The van der Waals surface area contributed by atoms with Gasteiger partial charge >= 0.3 is 0 Å². The minimum atomic E-state index is 0.289. The summed E-state index contributed by atoms with van der Waals surface area (Å²) in [6, 6.07) is 0. The van der Waals surface area contributed by atoms with E-state index in [-0.39, 0.29) is 5.92 Å². The van der Waals surface area contributed by atoms with Crippen molar-refractivity contribution in [1.29, 1.82) is 0 Å². The zero-order valence-electron chi connectivity index (χ0n) is 8.24. The largest absolute Gasteiger partial charge is 0.303 e. The van der Waals surface area contributed by atoms with Crippen LogP contribution in [-0.4, -0.2) is 30.8 Å². The minimum absolute atomic E-state index is 0.289. The van der Waals surface area contributed by atoms with Crippen molar-refractivity contribution in [3.63, 3.8) is 0 Å². The molecule has 13 heavy (non-hydrogen) atoms. The third kappa shape index (κ3) is 3.73. The van der Waals surface area contributed by atoms with Crippen LogP contribution >= 0.6 is 0 Å². The second-order valence-corrected chi connectivity index (χ2v) is 3.77. The minimum Gasteiger partial charge on any atom is -0.303 e. The van der Waals surface area contributed by atoms with Crippen LogP contribution in [-0.2, 0) is 4.79 Å². The van der Waals surface area contributed by atoms with Gasteiger partial charge in [0.1, 0.15) is 6.29 Å². The first-order valence-corrected chi connectivity index (χ1v) is 5.15. The summed E-state index contributed by atoms with van der Waals surface area (Å²) in [6.45, 7) is 6.96. The van der Waals surface area contributed by atoms with Gasteiger partial charge in [0.2, 0.25) is 0 Å². The monoisotopic (exact) mass is 181 g/mol. The first-order valence-electron chi connectivity index (χ1n) is 5.15. The summed E-state index contributed by atoms with van der Waals surface area (Å²) in [5.74, 6) is 0.289. The van der Waals surface area contributed by atoms with Crippen molar-refractivity contribution >= 4 is 6.29 Å². The lowest BCUT2D eigenvalue weighted by Crippen LogP contribution is -2.36. The zero-order valence-corrected chi connectivity index (χ0v) is 8.24. The Balaban J connectivity index is 2.17. The third-order valence-electron chi connectivity index (χ3n) is 2.62. The van der Waals surface area contributed by atoms with Crippen LogP contribution in [0.15, 0.2) is 12.7 Å². The number of hydrogen-bond acceptors (Lipinski definition) is 2. The molecule has 1 saturated heterocycles. The van der Waals surface area contributed by atoms with E-state index in [1.807, 2.05) is 6.08 Å². The van der Waals surface area contributed by atoms with Crippen LogP contribution in [0.1, 0.15) is 25.7 Å². The van der Waals surface area contributed by atoms with Gasteiger partial charge < -0.3 is 9.69 Å². The Labute approximate surface area is 80.6 Å². The van der Waals surface area contributed by atoms with Crippen LogP contribution in [0.2, 0.25) is 0 Å². The molecule has 0 spiro atoms. The van der Waals surface area contributed by atoms with E-state index >= 15 is 0 Å². The second-order valence-electron chi connectivity index (χ2n) is 3.77. The predicted octanol–water partition coefficient (Wildman–Crippen LogP) is 1.86. The number of likely N-dealkylation sites (tertiary alicyclic amines) is 1. The van der Waals surface area contributed by atoms with Gasteiger partial charge in [0.25, 0.3) is 0 Å². The molecule has 0 amide bonds. The smallest absolute Gasteiger partial charge is 0.124 e. The highest BCUT2D eigenvalue weighted by Crippen LogP contribution is 2.14. The Hall–Kier alpha value is -0.630. The van der Waals surface area contributed by atoms with E-state index in [9.17, 15) is 4.79 Å². The van der Waals surface area contributed by atoms with Gasteiger partial charge in [0, 0.05) is 12.5 Å². The van der Waals surface area contributed by atoms with E-state index in [2.05, 4.69) is 11.5 Å². The first-order chi connectivity index (χ1) is 6.36. The van der Waals surface area contributed by atoms with E-state index < -0.39 is 0 Å². The average molecular weight is 181 g/mol. The number of carbonyl (C=O) groups is 1. The molecule has 0 bridgehead atoms. The summed E-state index contributed by atoms with van der Waals surface area (Å²) in [7, 11) is 0.